The molecule has 32 heavy (non-hydrogen) atoms. The van der Waals surface area contributed by atoms with Gasteiger partial charge in [0.25, 0.3) is 0 Å². The summed E-state index contributed by atoms with van der Waals surface area (Å²) < 4.78 is 31.9. The first-order valence-corrected chi connectivity index (χ1v) is 12.4. The summed E-state index contributed by atoms with van der Waals surface area (Å²) in [7, 11) is 0. The van der Waals surface area contributed by atoms with Gasteiger partial charge in [0.1, 0.15) is 11.6 Å². The van der Waals surface area contributed by atoms with E-state index in [4.69, 9.17) is 0 Å². The van der Waals surface area contributed by atoms with Crippen LogP contribution in [0.25, 0.3) is 0 Å². The summed E-state index contributed by atoms with van der Waals surface area (Å²) in [5.74, 6) is 0.619. The van der Waals surface area contributed by atoms with Crippen LogP contribution in [0.1, 0.15) is 48.8 Å². The standard InChI is InChI=1S/C22H24F2N4O2S2/c23-21(24)30-18-11-5-4-10-17(18)25-20(29)14-32-22-27-26-19(13-16-9-6-12-31-16)28(22)15-7-2-1-3-8-15/h4-6,9-12,15,21H,1-3,7-8,13-14H2,(H,25,29). The fourth-order valence-electron chi connectivity index (χ4n) is 3.89. The monoisotopic (exact) mass is 478 g/mol. The highest BCUT2D eigenvalue weighted by molar-refractivity contribution is 7.99. The molecule has 0 spiro atoms. The average molecular weight is 479 g/mol. The summed E-state index contributed by atoms with van der Waals surface area (Å²) in [6.07, 6.45) is 6.46. The molecule has 0 aliphatic heterocycles. The zero-order valence-electron chi connectivity index (χ0n) is 17.4. The molecule has 0 saturated heterocycles. The van der Waals surface area contributed by atoms with E-state index in [1.807, 2.05) is 11.4 Å². The van der Waals surface area contributed by atoms with Gasteiger partial charge in [-0.25, -0.2) is 0 Å². The van der Waals surface area contributed by atoms with Crippen molar-refractivity contribution < 1.29 is 18.3 Å². The van der Waals surface area contributed by atoms with Crippen LogP contribution in [-0.4, -0.2) is 33.0 Å². The summed E-state index contributed by atoms with van der Waals surface area (Å²) >= 11 is 3.00. The number of carbonyl (C=O) groups excluding carboxylic acids is 1. The molecule has 10 heteroatoms. The van der Waals surface area contributed by atoms with Gasteiger partial charge in [0.2, 0.25) is 5.91 Å². The Morgan fingerprint density at radius 3 is 2.75 bits per heavy atom. The van der Waals surface area contributed by atoms with Crippen molar-refractivity contribution in [2.24, 2.45) is 0 Å². The number of ether oxygens (including phenoxy) is 1. The molecule has 1 aliphatic rings. The number of hydrogen-bond donors (Lipinski definition) is 1. The first-order valence-electron chi connectivity index (χ1n) is 10.5. The van der Waals surface area contributed by atoms with Gasteiger partial charge in [-0.3, -0.25) is 4.79 Å². The number of benzene rings is 1. The largest absolute Gasteiger partial charge is 0.433 e. The van der Waals surface area contributed by atoms with Crippen molar-refractivity contribution in [3.05, 3.63) is 52.5 Å². The second kappa shape index (κ2) is 10.9. The molecule has 3 aromatic rings. The van der Waals surface area contributed by atoms with Crippen molar-refractivity contribution in [2.45, 2.75) is 56.3 Å². The number of alkyl halides is 2. The maximum absolute atomic E-state index is 12.6. The fourth-order valence-corrected chi connectivity index (χ4v) is 5.41. The Bertz CT molecular complexity index is 1020. The van der Waals surface area contributed by atoms with Crippen molar-refractivity contribution in [3.8, 4) is 5.75 Å². The van der Waals surface area contributed by atoms with Gasteiger partial charge < -0.3 is 14.6 Å². The second-order valence-corrected chi connectivity index (χ2v) is 9.50. The van der Waals surface area contributed by atoms with Crippen LogP contribution in [0.2, 0.25) is 0 Å². The molecule has 1 fully saturated rings. The lowest BCUT2D eigenvalue weighted by Crippen LogP contribution is -2.18. The minimum absolute atomic E-state index is 0.0653. The van der Waals surface area contributed by atoms with E-state index in [1.165, 1.54) is 48.0 Å². The lowest BCUT2D eigenvalue weighted by atomic mass is 9.95. The van der Waals surface area contributed by atoms with E-state index in [-0.39, 0.29) is 23.1 Å². The maximum Gasteiger partial charge on any atom is 0.387 e. The summed E-state index contributed by atoms with van der Waals surface area (Å²) in [6, 6.07) is 10.6. The number of rotatable bonds is 9. The molecule has 170 valence electrons. The molecule has 0 bridgehead atoms. The summed E-state index contributed by atoms with van der Waals surface area (Å²) in [5.41, 5.74) is 0.213. The van der Waals surface area contributed by atoms with Gasteiger partial charge >= 0.3 is 6.61 Å². The lowest BCUT2D eigenvalue weighted by Gasteiger charge is -2.25. The second-order valence-electron chi connectivity index (χ2n) is 7.53. The molecule has 2 aromatic heterocycles. The highest BCUT2D eigenvalue weighted by atomic mass is 32.2. The molecule has 1 saturated carbocycles. The van der Waals surface area contributed by atoms with E-state index < -0.39 is 6.61 Å². The van der Waals surface area contributed by atoms with Crippen LogP contribution in [0, 0.1) is 0 Å². The Morgan fingerprint density at radius 1 is 1.19 bits per heavy atom. The zero-order chi connectivity index (χ0) is 22.3. The number of thiophene rings is 1. The van der Waals surface area contributed by atoms with E-state index >= 15 is 0 Å². The average Bonchev–Trinajstić information content (AvgIpc) is 3.44. The normalized spacial score (nSPS) is 14.6. The minimum atomic E-state index is -2.96. The Labute approximate surface area is 193 Å². The first-order chi connectivity index (χ1) is 15.6. The van der Waals surface area contributed by atoms with Gasteiger partial charge in [0, 0.05) is 17.3 Å². The molecule has 6 nitrogen and oxygen atoms in total. The van der Waals surface area contributed by atoms with Crippen LogP contribution in [0.3, 0.4) is 0 Å². The van der Waals surface area contributed by atoms with E-state index in [9.17, 15) is 13.6 Å². The van der Waals surface area contributed by atoms with Crippen LogP contribution < -0.4 is 10.1 Å². The van der Waals surface area contributed by atoms with Gasteiger partial charge in [-0.15, -0.1) is 21.5 Å². The number of anilines is 1. The van der Waals surface area contributed by atoms with E-state index in [2.05, 4.69) is 30.9 Å². The Hall–Kier alpha value is -2.46. The van der Waals surface area contributed by atoms with E-state index in [1.54, 1.807) is 23.5 Å². The highest BCUT2D eigenvalue weighted by Crippen LogP contribution is 2.34. The maximum atomic E-state index is 12.6. The number of thioether (sulfide) groups is 1. The highest BCUT2D eigenvalue weighted by Gasteiger charge is 2.24. The number of nitrogens with zero attached hydrogens (tertiary/aromatic N) is 3. The van der Waals surface area contributed by atoms with Crippen LogP contribution in [-0.2, 0) is 11.2 Å². The molecule has 0 atom stereocenters. The third-order valence-corrected chi connectivity index (χ3v) is 7.12. The van der Waals surface area contributed by atoms with Crippen LogP contribution >= 0.6 is 23.1 Å². The van der Waals surface area contributed by atoms with Gasteiger partial charge in [-0.2, -0.15) is 8.78 Å². The van der Waals surface area contributed by atoms with Crippen molar-refractivity contribution in [2.75, 3.05) is 11.1 Å². The molecule has 0 radical (unpaired) electrons. The number of para-hydroxylation sites is 2. The number of hydrogen-bond acceptors (Lipinski definition) is 6. The number of carbonyl (C=O) groups is 1. The van der Waals surface area contributed by atoms with E-state index in [0.29, 0.717) is 12.5 Å². The van der Waals surface area contributed by atoms with Gasteiger partial charge in [0.05, 0.1) is 11.4 Å². The number of halogens is 2. The molecule has 1 N–H and O–H groups in total. The predicted molar refractivity (Wildman–Crippen MR) is 122 cm³/mol. The SMILES string of the molecule is O=C(CSc1nnc(Cc2cccs2)n1C1CCCCC1)Nc1ccccc1OC(F)F. The number of amides is 1. The lowest BCUT2D eigenvalue weighted by molar-refractivity contribution is -0.113. The molecule has 4 rings (SSSR count). The van der Waals surface area contributed by atoms with Crippen molar-refractivity contribution in [1.29, 1.82) is 0 Å². The molecule has 0 unspecified atom stereocenters. The van der Waals surface area contributed by atoms with Crippen molar-refractivity contribution in [1.82, 2.24) is 14.8 Å². The quantitative estimate of drug-likeness (QED) is 0.396. The summed E-state index contributed by atoms with van der Waals surface area (Å²) in [4.78, 5) is 13.8. The van der Waals surface area contributed by atoms with Crippen LogP contribution in [0.15, 0.2) is 46.9 Å². The number of aromatic nitrogens is 3. The van der Waals surface area contributed by atoms with Crippen LogP contribution in [0.5, 0.6) is 5.75 Å². The first kappa shape index (κ1) is 22.7. The number of nitrogens with one attached hydrogen (secondary N) is 1. The fraction of sp³-hybridized carbons (Fsp3) is 0.409. The van der Waals surface area contributed by atoms with Gasteiger partial charge in [-0.1, -0.05) is 49.2 Å². The van der Waals surface area contributed by atoms with Gasteiger partial charge in [0.15, 0.2) is 5.16 Å². The molecule has 1 aliphatic carbocycles. The van der Waals surface area contributed by atoms with Crippen molar-refractivity contribution >= 4 is 34.7 Å². The van der Waals surface area contributed by atoms with Crippen molar-refractivity contribution in [3.63, 3.8) is 0 Å². The minimum Gasteiger partial charge on any atom is -0.433 e. The molecular formula is C22H24F2N4O2S2. The molecule has 2 heterocycles. The predicted octanol–water partition coefficient (Wildman–Crippen LogP) is 5.77. The Balaban J connectivity index is 1.46. The van der Waals surface area contributed by atoms with E-state index in [0.717, 1.165) is 23.8 Å². The Morgan fingerprint density at radius 2 is 2.00 bits per heavy atom. The summed E-state index contributed by atoms with van der Waals surface area (Å²) in [5, 5.41) is 14.2. The molecule has 1 aromatic carbocycles. The van der Waals surface area contributed by atoms with Gasteiger partial charge in [-0.05, 0) is 36.4 Å². The third-order valence-electron chi connectivity index (χ3n) is 5.30. The zero-order valence-corrected chi connectivity index (χ0v) is 19.0. The molecule has 1 amide bonds. The topological polar surface area (TPSA) is 69.0 Å². The smallest absolute Gasteiger partial charge is 0.387 e. The summed E-state index contributed by atoms with van der Waals surface area (Å²) in [6.45, 7) is -2.96. The van der Waals surface area contributed by atoms with Crippen LogP contribution in [0.4, 0.5) is 14.5 Å². The third kappa shape index (κ3) is 5.86. The Kier molecular flexibility index (Phi) is 7.75. The molecular weight excluding hydrogens is 454 g/mol.